The summed E-state index contributed by atoms with van der Waals surface area (Å²) in [6.45, 7) is 5.20. The highest BCUT2D eigenvalue weighted by molar-refractivity contribution is 5.79. The maximum absolute atomic E-state index is 12.4. The maximum atomic E-state index is 12.4. The number of rotatable bonds is 10. The predicted molar refractivity (Wildman–Crippen MR) is 138 cm³/mol. The summed E-state index contributed by atoms with van der Waals surface area (Å²) in [5.41, 5.74) is 5.55. The zero-order chi connectivity index (χ0) is 24.0. The van der Waals surface area contributed by atoms with E-state index in [4.69, 9.17) is 9.72 Å². The van der Waals surface area contributed by atoms with Crippen LogP contribution in [0.1, 0.15) is 61.5 Å². The number of nitrogens with zero attached hydrogens (tertiary/aromatic N) is 3. The van der Waals surface area contributed by atoms with Gasteiger partial charge < -0.3 is 20.1 Å². The third-order valence-corrected chi connectivity index (χ3v) is 7.57. The molecule has 1 unspecified atom stereocenters. The van der Waals surface area contributed by atoms with Crippen molar-refractivity contribution in [2.45, 2.75) is 63.5 Å². The van der Waals surface area contributed by atoms with Gasteiger partial charge in [-0.25, -0.2) is 0 Å². The Bertz CT molecular complexity index is 1010. The predicted octanol–water partition coefficient (Wildman–Crippen LogP) is 4.28. The number of pyridine rings is 1. The van der Waals surface area contributed by atoms with Crippen LogP contribution in [0.2, 0.25) is 0 Å². The number of carbonyl (C=O) groups is 1. The van der Waals surface area contributed by atoms with E-state index in [1.807, 2.05) is 18.2 Å². The van der Waals surface area contributed by atoms with Crippen molar-refractivity contribution in [3.05, 3.63) is 53.3 Å². The largest absolute Gasteiger partial charge is 0.480 e. The Morgan fingerprint density at radius 2 is 1.97 bits per heavy atom. The average Bonchev–Trinajstić information content (AvgIpc) is 3.57. The van der Waals surface area contributed by atoms with Crippen LogP contribution >= 0.6 is 0 Å². The lowest BCUT2D eigenvalue weighted by Gasteiger charge is -2.29. The van der Waals surface area contributed by atoms with Gasteiger partial charge in [-0.15, -0.1) is 0 Å². The normalized spacial score (nSPS) is 21.0. The molecule has 2 fully saturated rings. The van der Waals surface area contributed by atoms with Crippen LogP contribution < -0.4 is 10.2 Å². The number of likely N-dealkylation sites (tertiary alicyclic amines) is 1. The van der Waals surface area contributed by atoms with E-state index in [9.17, 15) is 9.90 Å². The van der Waals surface area contributed by atoms with Crippen LogP contribution in [0.5, 0.6) is 0 Å². The number of aliphatic carboxylic acids is 1. The Kier molecular flexibility index (Phi) is 7.84. The number of anilines is 2. The summed E-state index contributed by atoms with van der Waals surface area (Å²) in [5, 5.41) is 13.6. The monoisotopic (exact) mass is 478 g/mol. The van der Waals surface area contributed by atoms with Gasteiger partial charge in [-0.2, -0.15) is 0 Å². The molecule has 188 valence electrons. The van der Waals surface area contributed by atoms with Gasteiger partial charge in [-0.1, -0.05) is 18.2 Å². The molecular weight excluding hydrogens is 440 g/mol. The Labute approximate surface area is 208 Å². The van der Waals surface area contributed by atoms with E-state index in [1.165, 1.54) is 29.9 Å². The van der Waals surface area contributed by atoms with Gasteiger partial charge in [0, 0.05) is 56.3 Å². The van der Waals surface area contributed by atoms with E-state index in [-0.39, 0.29) is 6.10 Å². The van der Waals surface area contributed by atoms with Gasteiger partial charge in [0.1, 0.15) is 6.04 Å². The molecule has 0 spiro atoms. The van der Waals surface area contributed by atoms with Crippen LogP contribution in [-0.4, -0.2) is 66.4 Å². The van der Waals surface area contributed by atoms with Crippen molar-refractivity contribution in [2.75, 3.05) is 49.5 Å². The van der Waals surface area contributed by atoms with Gasteiger partial charge in [0.05, 0.1) is 17.5 Å². The van der Waals surface area contributed by atoms with E-state index in [2.05, 4.69) is 33.3 Å². The molecule has 0 bridgehead atoms. The lowest BCUT2D eigenvalue weighted by atomic mass is 10.0. The molecule has 2 saturated heterocycles. The molecule has 1 aromatic heterocycles. The highest BCUT2D eigenvalue weighted by atomic mass is 16.5. The van der Waals surface area contributed by atoms with Gasteiger partial charge in [0.25, 0.3) is 0 Å². The van der Waals surface area contributed by atoms with Gasteiger partial charge >= 0.3 is 5.97 Å². The third kappa shape index (κ3) is 5.78. The number of benzene rings is 1. The molecule has 0 radical (unpaired) electrons. The molecular formula is C28H38N4O3. The highest BCUT2D eigenvalue weighted by Crippen LogP contribution is 2.34. The number of nitrogens with one attached hydrogen (secondary N) is 1. The Balaban J connectivity index is 1.10. The van der Waals surface area contributed by atoms with Crippen LogP contribution in [0, 0.1) is 0 Å². The first-order chi connectivity index (χ1) is 17.2. The maximum Gasteiger partial charge on any atom is 0.325 e. The van der Waals surface area contributed by atoms with Crippen LogP contribution in [0.3, 0.4) is 0 Å². The Morgan fingerprint density at radius 1 is 1.11 bits per heavy atom. The second-order valence-electron chi connectivity index (χ2n) is 10.1. The van der Waals surface area contributed by atoms with Gasteiger partial charge in [0.2, 0.25) is 0 Å². The molecule has 7 heteroatoms. The van der Waals surface area contributed by atoms with Crippen molar-refractivity contribution in [2.24, 2.45) is 0 Å². The molecule has 5 rings (SSSR count). The standard InChI is InChI=1S/C28H38N4O3/c33-28(34)27(23-9-1-2-11-26(23)31-16-4-5-17-31)32-18-14-22(20-32)35-19-6-3-8-21-12-13-24-25(30-21)10-7-15-29-24/h1-2,9,11-13,22,27,29H,3-8,10,14-20H2,(H,33,34)/t22-,27?/m1/s1. The van der Waals surface area contributed by atoms with E-state index in [0.29, 0.717) is 13.2 Å². The van der Waals surface area contributed by atoms with Crippen molar-refractivity contribution in [3.8, 4) is 0 Å². The average molecular weight is 479 g/mol. The van der Waals surface area contributed by atoms with E-state index >= 15 is 0 Å². The van der Waals surface area contributed by atoms with Gasteiger partial charge in [-0.3, -0.25) is 14.7 Å². The number of fused-ring (bicyclic) bond motifs is 1. The highest BCUT2D eigenvalue weighted by Gasteiger charge is 2.36. The van der Waals surface area contributed by atoms with E-state index in [1.54, 1.807) is 0 Å². The van der Waals surface area contributed by atoms with E-state index < -0.39 is 12.0 Å². The molecule has 0 saturated carbocycles. The summed E-state index contributed by atoms with van der Waals surface area (Å²) >= 11 is 0. The lowest BCUT2D eigenvalue weighted by molar-refractivity contribution is -0.143. The molecule has 3 aliphatic heterocycles. The molecule has 3 aliphatic rings. The summed E-state index contributed by atoms with van der Waals surface area (Å²) in [6, 6.07) is 11.7. The Morgan fingerprint density at radius 3 is 2.83 bits per heavy atom. The molecule has 7 nitrogen and oxygen atoms in total. The lowest BCUT2D eigenvalue weighted by Crippen LogP contribution is -2.35. The summed E-state index contributed by atoms with van der Waals surface area (Å²) in [7, 11) is 0. The second kappa shape index (κ2) is 11.4. The van der Waals surface area contributed by atoms with Gasteiger partial charge in [-0.05, 0) is 69.6 Å². The molecule has 4 heterocycles. The minimum Gasteiger partial charge on any atom is -0.480 e. The third-order valence-electron chi connectivity index (χ3n) is 7.57. The summed E-state index contributed by atoms with van der Waals surface area (Å²) in [6.07, 6.45) is 8.57. The fourth-order valence-electron chi connectivity index (χ4n) is 5.75. The molecule has 35 heavy (non-hydrogen) atoms. The fourth-order valence-corrected chi connectivity index (χ4v) is 5.75. The molecule has 0 amide bonds. The first-order valence-corrected chi connectivity index (χ1v) is 13.3. The van der Waals surface area contributed by atoms with Gasteiger partial charge in [0.15, 0.2) is 0 Å². The van der Waals surface area contributed by atoms with Crippen molar-refractivity contribution in [1.82, 2.24) is 9.88 Å². The minimum absolute atomic E-state index is 0.101. The molecule has 0 aliphatic carbocycles. The summed E-state index contributed by atoms with van der Waals surface area (Å²) < 4.78 is 6.18. The first kappa shape index (κ1) is 24.1. The first-order valence-electron chi connectivity index (χ1n) is 13.3. The van der Waals surface area contributed by atoms with Crippen molar-refractivity contribution < 1.29 is 14.6 Å². The van der Waals surface area contributed by atoms with Crippen LogP contribution in [0.25, 0.3) is 0 Å². The number of aryl methyl sites for hydroxylation is 2. The zero-order valence-electron chi connectivity index (χ0n) is 20.6. The topological polar surface area (TPSA) is 77.9 Å². The summed E-state index contributed by atoms with van der Waals surface area (Å²) in [4.78, 5) is 21.6. The molecule has 2 aromatic rings. The Hall–Kier alpha value is -2.64. The molecule has 2 N–H and O–H groups in total. The number of aromatic nitrogens is 1. The second-order valence-corrected chi connectivity index (χ2v) is 10.1. The number of hydrogen-bond donors (Lipinski definition) is 2. The number of hydrogen-bond acceptors (Lipinski definition) is 6. The number of ether oxygens (including phenoxy) is 1. The fraction of sp³-hybridized carbons (Fsp3) is 0.571. The van der Waals surface area contributed by atoms with Crippen LogP contribution in [-0.2, 0) is 22.4 Å². The summed E-state index contributed by atoms with van der Waals surface area (Å²) in [5.74, 6) is -0.773. The smallest absolute Gasteiger partial charge is 0.325 e. The van der Waals surface area contributed by atoms with Crippen molar-refractivity contribution in [3.63, 3.8) is 0 Å². The quantitative estimate of drug-likeness (QED) is 0.494. The number of carboxylic acid groups (broad SMARTS) is 1. The zero-order valence-corrected chi connectivity index (χ0v) is 20.6. The van der Waals surface area contributed by atoms with Crippen LogP contribution in [0.15, 0.2) is 36.4 Å². The molecule has 1 aromatic carbocycles. The SMILES string of the molecule is O=C(O)C(c1ccccc1N1CCCC1)N1CC[C@@H](OCCCCc2ccc3c(n2)CCCN3)C1. The van der Waals surface area contributed by atoms with Crippen molar-refractivity contribution in [1.29, 1.82) is 0 Å². The van der Waals surface area contributed by atoms with Crippen molar-refractivity contribution >= 4 is 17.3 Å². The minimum atomic E-state index is -0.773. The molecule has 2 atom stereocenters. The number of carboxylic acids is 1. The number of para-hydroxylation sites is 1. The van der Waals surface area contributed by atoms with E-state index in [0.717, 1.165) is 76.0 Å². The number of unbranched alkanes of at least 4 members (excludes halogenated alkanes) is 1. The van der Waals surface area contributed by atoms with Crippen LogP contribution in [0.4, 0.5) is 11.4 Å².